The van der Waals surface area contributed by atoms with E-state index in [1.54, 1.807) is 0 Å². The van der Waals surface area contributed by atoms with Gasteiger partial charge in [-0.3, -0.25) is 9.59 Å². The van der Waals surface area contributed by atoms with E-state index in [4.69, 9.17) is 0 Å². The molecular formula is C11H7FO4. The van der Waals surface area contributed by atoms with E-state index in [0.717, 1.165) is 0 Å². The summed E-state index contributed by atoms with van der Waals surface area (Å²) in [6, 6.07) is 5.53. The maximum atomic E-state index is 14.3. The van der Waals surface area contributed by atoms with Crippen molar-refractivity contribution in [3.05, 3.63) is 41.2 Å². The van der Waals surface area contributed by atoms with E-state index in [0.29, 0.717) is 0 Å². The predicted octanol–water partition coefficient (Wildman–Crippen LogP) is 1.42. The zero-order chi connectivity index (χ0) is 11.9. The van der Waals surface area contributed by atoms with Gasteiger partial charge < -0.3 is 10.2 Å². The molecule has 1 aromatic rings. The molecule has 2 N–H and O–H groups in total. The lowest BCUT2D eigenvalue weighted by atomic mass is 9.93. The normalized spacial score (nSPS) is 23.1. The summed E-state index contributed by atoms with van der Waals surface area (Å²) in [5.41, 5.74) is -3.16. The summed E-state index contributed by atoms with van der Waals surface area (Å²) in [7, 11) is 0. The van der Waals surface area contributed by atoms with Crippen LogP contribution >= 0.6 is 0 Å². The first-order valence-electron chi connectivity index (χ1n) is 4.44. The average molecular weight is 222 g/mol. The molecule has 0 saturated carbocycles. The van der Waals surface area contributed by atoms with Crippen LogP contribution < -0.4 is 0 Å². The van der Waals surface area contributed by atoms with Crippen molar-refractivity contribution in [3.63, 3.8) is 0 Å². The third-order valence-corrected chi connectivity index (χ3v) is 2.55. The highest BCUT2D eigenvalue weighted by molar-refractivity contribution is 6.30. The third-order valence-electron chi connectivity index (χ3n) is 2.55. The minimum atomic E-state index is -2.96. The van der Waals surface area contributed by atoms with E-state index < -0.39 is 23.0 Å². The fraction of sp³-hybridized carbons (Fsp3) is 0.0909. The Balaban J connectivity index is 2.75. The van der Waals surface area contributed by atoms with Gasteiger partial charge in [0.15, 0.2) is 17.8 Å². The highest BCUT2D eigenvalue weighted by Crippen LogP contribution is 2.45. The minimum absolute atomic E-state index is 0.0118. The Hall–Kier alpha value is -2.17. The van der Waals surface area contributed by atoms with Crippen molar-refractivity contribution in [1.82, 2.24) is 0 Å². The molecular weight excluding hydrogens is 215 g/mol. The van der Waals surface area contributed by atoms with Gasteiger partial charge in [-0.25, -0.2) is 4.39 Å². The zero-order valence-electron chi connectivity index (χ0n) is 7.98. The fourth-order valence-corrected chi connectivity index (χ4v) is 1.74. The largest absolute Gasteiger partial charge is 0.505 e. The molecule has 1 unspecified atom stereocenters. The number of Topliss-reactive ketones (excluding diaryl/α,β-unsaturated/α-hetero) is 1. The Morgan fingerprint density at radius 3 is 2.56 bits per heavy atom. The lowest BCUT2D eigenvalue weighted by Gasteiger charge is -2.16. The number of rotatable bonds is 2. The second-order valence-electron chi connectivity index (χ2n) is 3.38. The Bertz CT molecular complexity index is 520. The number of allylic oxidation sites excluding steroid dienone is 1. The summed E-state index contributed by atoms with van der Waals surface area (Å²) in [6.07, 6.45) is -0.217. The molecule has 0 radical (unpaired) electrons. The molecule has 5 heteroatoms. The van der Waals surface area contributed by atoms with Crippen molar-refractivity contribution in [1.29, 1.82) is 0 Å². The van der Waals surface area contributed by atoms with Gasteiger partial charge in [-0.1, -0.05) is 24.3 Å². The maximum absolute atomic E-state index is 14.3. The zero-order valence-corrected chi connectivity index (χ0v) is 7.98. The summed E-state index contributed by atoms with van der Waals surface area (Å²) in [4.78, 5) is 21.6. The number of aliphatic hydroxyl groups is 2. The number of hydrogen-bond acceptors (Lipinski definition) is 4. The number of halogens is 1. The standard InChI is InChI=1S/C11H7FO4/c12-11(8(14)5-13)7-4-2-1-3-6(7)9(15)10(11)16/h1-5,15-16H. The van der Waals surface area contributed by atoms with Gasteiger partial charge in [0, 0.05) is 11.1 Å². The smallest absolute Gasteiger partial charge is 0.261 e. The maximum Gasteiger partial charge on any atom is 0.261 e. The molecule has 1 atom stereocenters. The van der Waals surface area contributed by atoms with Gasteiger partial charge in [0.2, 0.25) is 5.78 Å². The fourth-order valence-electron chi connectivity index (χ4n) is 1.74. The summed E-state index contributed by atoms with van der Waals surface area (Å²) in [6.45, 7) is 0. The Morgan fingerprint density at radius 1 is 1.31 bits per heavy atom. The van der Waals surface area contributed by atoms with Gasteiger partial charge >= 0.3 is 0 Å². The highest BCUT2D eigenvalue weighted by atomic mass is 19.1. The number of aldehydes is 1. The van der Waals surface area contributed by atoms with Crippen LogP contribution in [0.2, 0.25) is 0 Å². The summed E-state index contributed by atoms with van der Waals surface area (Å²) >= 11 is 0. The topological polar surface area (TPSA) is 74.6 Å². The summed E-state index contributed by atoms with van der Waals surface area (Å²) < 4.78 is 14.3. The van der Waals surface area contributed by atoms with Crippen LogP contribution in [0.5, 0.6) is 0 Å². The molecule has 16 heavy (non-hydrogen) atoms. The van der Waals surface area contributed by atoms with Crippen LogP contribution in [0.1, 0.15) is 11.1 Å². The highest BCUT2D eigenvalue weighted by Gasteiger charge is 2.52. The van der Waals surface area contributed by atoms with Gasteiger partial charge in [0.25, 0.3) is 5.67 Å². The molecule has 0 heterocycles. The molecule has 0 bridgehead atoms. The van der Waals surface area contributed by atoms with E-state index >= 15 is 0 Å². The number of alkyl halides is 1. The van der Waals surface area contributed by atoms with Crippen molar-refractivity contribution in [2.24, 2.45) is 0 Å². The van der Waals surface area contributed by atoms with Gasteiger partial charge in [0.1, 0.15) is 0 Å². The second-order valence-corrected chi connectivity index (χ2v) is 3.38. The number of aliphatic hydroxyl groups excluding tert-OH is 2. The summed E-state index contributed by atoms with van der Waals surface area (Å²) in [5, 5.41) is 18.9. The van der Waals surface area contributed by atoms with Crippen molar-refractivity contribution in [2.75, 3.05) is 0 Å². The first-order valence-corrected chi connectivity index (χ1v) is 4.44. The van der Waals surface area contributed by atoms with E-state index in [2.05, 4.69) is 0 Å². The molecule has 2 rings (SSSR count). The monoisotopic (exact) mass is 222 g/mol. The number of carbonyl (C=O) groups excluding carboxylic acids is 2. The van der Waals surface area contributed by atoms with Gasteiger partial charge in [-0.15, -0.1) is 0 Å². The molecule has 1 aromatic carbocycles. The van der Waals surface area contributed by atoms with Crippen LogP contribution in [-0.2, 0) is 15.3 Å². The van der Waals surface area contributed by atoms with Crippen LogP contribution in [0.25, 0.3) is 5.76 Å². The van der Waals surface area contributed by atoms with Crippen molar-refractivity contribution < 1.29 is 24.2 Å². The van der Waals surface area contributed by atoms with Gasteiger partial charge in [0.05, 0.1) is 0 Å². The Labute approximate surface area is 89.6 Å². The molecule has 1 aliphatic rings. The van der Waals surface area contributed by atoms with E-state index in [1.807, 2.05) is 0 Å². The molecule has 4 nitrogen and oxygen atoms in total. The van der Waals surface area contributed by atoms with Crippen molar-refractivity contribution >= 4 is 17.8 Å². The lowest BCUT2D eigenvalue weighted by molar-refractivity contribution is -0.138. The number of benzene rings is 1. The molecule has 1 aliphatic carbocycles. The molecule has 0 aromatic heterocycles. The van der Waals surface area contributed by atoms with Crippen LogP contribution in [-0.4, -0.2) is 22.3 Å². The number of hydrogen-bond donors (Lipinski definition) is 2. The quantitative estimate of drug-likeness (QED) is 0.586. The molecule has 0 amide bonds. The van der Waals surface area contributed by atoms with Crippen LogP contribution in [0, 0.1) is 0 Å². The van der Waals surface area contributed by atoms with Gasteiger partial charge in [-0.2, -0.15) is 0 Å². The first-order chi connectivity index (χ1) is 7.53. The third kappa shape index (κ3) is 1.02. The van der Waals surface area contributed by atoms with E-state index in [9.17, 15) is 24.2 Å². The number of ketones is 1. The molecule has 0 fully saturated rings. The van der Waals surface area contributed by atoms with Gasteiger partial charge in [-0.05, 0) is 0 Å². The molecule has 0 aliphatic heterocycles. The Morgan fingerprint density at radius 2 is 1.94 bits per heavy atom. The average Bonchev–Trinajstić information content (AvgIpc) is 2.52. The van der Waals surface area contributed by atoms with E-state index in [-0.39, 0.29) is 17.4 Å². The first kappa shape index (κ1) is 10.4. The molecule has 0 spiro atoms. The minimum Gasteiger partial charge on any atom is -0.505 e. The van der Waals surface area contributed by atoms with Crippen molar-refractivity contribution in [2.45, 2.75) is 5.67 Å². The number of fused-ring (bicyclic) bond motifs is 1. The Kier molecular flexibility index (Phi) is 2.05. The van der Waals surface area contributed by atoms with E-state index in [1.165, 1.54) is 24.3 Å². The summed E-state index contributed by atoms with van der Waals surface area (Å²) in [5.74, 6) is -3.29. The predicted molar refractivity (Wildman–Crippen MR) is 52.5 cm³/mol. The van der Waals surface area contributed by atoms with Crippen molar-refractivity contribution in [3.8, 4) is 0 Å². The molecule has 0 saturated heterocycles. The molecule has 82 valence electrons. The van der Waals surface area contributed by atoms with Crippen LogP contribution in [0.4, 0.5) is 4.39 Å². The lowest BCUT2D eigenvalue weighted by Crippen LogP contribution is -2.32. The second kappa shape index (κ2) is 3.16. The van der Waals surface area contributed by atoms with Crippen LogP contribution in [0.3, 0.4) is 0 Å². The van der Waals surface area contributed by atoms with Crippen LogP contribution in [0.15, 0.2) is 30.0 Å². The SMILES string of the molecule is O=CC(=O)C1(F)C(O)=C(O)c2ccccc21. The number of carbonyl (C=O) groups is 2.